The lowest BCUT2D eigenvalue weighted by molar-refractivity contribution is -0.0499. The van der Waals surface area contributed by atoms with Crippen LogP contribution in [0, 0.1) is 0 Å². The van der Waals surface area contributed by atoms with Crippen molar-refractivity contribution in [3.63, 3.8) is 0 Å². The van der Waals surface area contributed by atoms with E-state index in [0.29, 0.717) is 10.6 Å². The van der Waals surface area contributed by atoms with Gasteiger partial charge in [0.25, 0.3) is 0 Å². The van der Waals surface area contributed by atoms with Gasteiger partial charge in [0.1, 0.15) is 12.4 Å². The van der Waals surface area contributed by atoms with Crippen molar-refractivity contribution >= 4 is 17.8 Å². The quantitative estimate of drug-likeness (QED) is 0.581. The molecule has 0 spiro atoms. The van der Waals surface area contributed by atoms with Gasteiger partial charge in [-0.05, 0) is 29.8 Å². The Morgan fingerprint density at radius 3 is 2.52 bits per heavy atom. The van der Waals surface area contributed by atoms with Gasteiger partial charge in [-0.1, -0.05) is 41.0 Å². The van der Waals surface area contributed by atoms with Crippen LogP contribution in [0.1, 0.15) is 11.1 Å². The van der Waals surface area contributed by atoms with Crippen LogP contribution < -0.4 is 4.74 Å². The molecule has 2 rings (SSSR count). The third-order valence-corrected chi connectivity index (χ3v) is 2.80. The SMILES string of the molecule is FC(F)Oc1ccccc1C=NOCc1ccc(Cl)cc1. The molecule has 0 bridgehead atoms. The summed E-state index contributed by atoms with van der Waals surface area (Å²) < 4.78 is 28.8. The molecule has 0 heterocycles. The second kappa shape index (κ2) is 7.59. The van der Waals surface area contributed by atoms with Crippen molar-refractivity contribution in [1.29, 1.82) is 0 Å². The molecule has 0 aromatic heterocycles. The number of hydrogen-bond donors (Lipinski definition) is 0. The number of oxime groups is 1. The molecule has 2 aromatic carbocycles. The summed E-state index contributed by atoms with van der Waals surface area (Å²) >= 11 is 5.77. The molecule has 6 heteroatoms. The Bertz CT molecular complexity index is 603. The van der Waals surface area contributed by atoms with Gasteiger partial charge in [0.15, 0.2) is 0 Å². The minimum atomic E-state index is -2.88. The molecule has 3 nitrogen and oxygen atoms in total. The summed E-state index contributed by atoms with van der Waals surface area (Å²) in [6.45, 7) is -2.62. The monoisotopic (exact) mass is 311 g/mol. The molecular weight excluding hydrogens is 300 g/mol. The van der Waals surface area contributed by atoms with E-state index in [9.17, 15) is 8.78 Å². The minimum Gasteiger partial charge on any atom is -0.434 e. The summed E-state index contributed by atoms with van der Waals surface area (Å²) in [5, 5.41) is 4.38. The van der Waals surface area contributed by atoms with E-state index >= 15 is 0 Å². The van der Waals surface area contributed by atoms with Gasteiger partial charge in [0.2, 0.25) is 0 Å². The fraction of sp³-hybridized carbons (Fsp3) is 0.133. The Labute approximate surface area is 125 Å². The van der Waals surface area contributed by atoms with E-state index in [4.69, 9.17) is 16.4 Å². The third-order valence-electron chi connectivity index (χ3n) is 2.55. The van der Waals surface area contributed by atoms with Gasteiger partial charge in [-0.15, -0.1) is 0 Å². The van der Waals surface area contributed by atoms with Crippen LogP contribution in [0.3, 0.4) is 0 Å². The van der Waals surface area contributed by atoms with Crippen molar-refractivity contribution in [3.8, 4) is 5.75 Å². The highest BCUT2D eigenvalue weighted by Gasteiger charge is 2.07. The summed E-state index contributed by atoms with van der Waals surface area (Å²) in [4.78, 5) is 5.11. The fourth-order valence-electron chi connectivity index (χ4n) is 1.58. The molecule has 2 aromatic rings. The van der Waals surface area contributed by atoms with Gasteiger partial charge < -0.3 is 9.57 Å². The number of nitrogens with zero attached hydrogens (tertiary/aromatic N) is 1. The lowest BCUT2D eigenvalue weighted by Crippen LogP contribution is -2.04. The van der Waals surface area contributed by atoms with E-state index in [2.05, 4.69) is 9.89 Å². The molecule has 21 heavy (non-hydrogen) atoms. The summed E-state index contributed by atoms with van der Waals surface area (Å²) in [6.07, 6.45) is 1.33. The Kier molecular flexibility index (Phi) is 5.51. The molecular formula is C15H12ClF2NO2. The number of ether oxygens (including phenoxy) is 1. The molecule has 0 aliphatic rings. The predicted octanol–water partition coefficient (Wildman–Crippen LogP) is 4.49. The molecule has 0 N–H and O–H groups in total. The number of alkyl halides is 2. The third kappa shape index (κ3) is 5.04. The maximum atomic E-state index is 12.2. The van der Waals surface area contributed by atoms with Crippen molar-refractivity contribution in [2.24, 2.45) is 5.16 Å². The van der Waals surface area contributed by atoms with Gasteiger partial charge in [-0.3, -0.25) is 0 Å². The van der Waals surface area contributed by atoms with E-state index in [1.165, 1.54) is 12.3 Å². The molecule has 0 fully saturated rings. The zero-order valence-corrected chi connectivity index (χ0v) is 11.6. The Morgan fingerprint density at radius 1 is 1.10 bits per heavy atom. The minimum absolute atomic E-state index is 0.0475. The average molecular weight is 312 g/mol. The van der Waals surface area contributed by atoms with Crippen LogP contribution >= 0.6 is 11.6 Å². The highest BCUT2D eigenvalue weighted by Crippen LogP contribution is 2.18. The molecule has 0 atom stereocenters. The first-order valence-electron chi connectivity index (χ1n) is 6.09. The Balaban J connectivity index is 1.93. The summed E-state index contributed by atoms with van der Waals surface area (Å²) in [5.74, 6) is 0.0475. The summed E-state index contributed by atoms with van der Waals surface area (Å²) in [6, 6.07) is 13.4. The van der Waals surface area contributed by atoms with Gasteiger partial charge in [-0.2, -0.15) is 8.78 Å². The normalized spacial score (nSPS) is 11.0. The predicted molar refractivity (Wildman–Crippen MR) is 76.9 cm³/mol. The lowest BCUT2D eigenvalue weighted by atomic mass is 10.2. The Hall–Kier alpha value is -2.14. The van der Waals surface area contributed by atoms with Gasteiger partial charge in [-0.25, -0.2) is 0 Å². The first kappa shape index (κ1) is 15.3. The second-order valence-electron chi connectivity index (χ2n) is 4.05. The highest BCUT2D eigenvalue weighted by atomic mass is 35.5. The largest absolute Gasteiger partial charge is 0.434 e. The van der Waals surface area contributed by atoms with E-state index in [0.717, 1.165) is 5.56 Å². The standard InChI is InChI=1S/C15H12ClF2NO2/c16-13-7-5-11(6-8-13)10-20-19-9-12-3-1-2-4-14(12)21-15(17)18/h1-9,15H,10H2. The number of rotatable bonds is 6. The van der Waals surface area contributed by atoms with Crippen LogP contribution in [0.25, 0.3) is 0 Å². The smallest absolute Gasteiger partial charge is 0.387 e. The maximum absolute atomic E-state index is 12.2. The number of para-hydroxylation sites is 1. The number of halogens is 3. The zero-order valence-electron chi connectivity index (χ0n) is 10.9. The average Bonchev–Trinajstić information content (AvgIpc) is 2.46. The lowest BCUT2D eigenvalue weighted by Gasteiger charge is -2.06. The van der Waals surface area contributed by atoms with Crippen LogP contribution in [0.2, 0.25) is 5.02 Å². The van der Waals surface area contributed by atoms with E-state index < -0.39 is 6.61 Å². The zero-order chi connectivity index (χ0) is 15.1. The van der Waals surface area contributed by atoms with Crippen LogP contribution in [0.4, 0.5) is 8.78 Å². The molecule has 0 aliphatic heterocycles. The first-order valence-corrected chi connectivity index (χ1v) is 6.46. The van der Waals surface area contributed by atoms with Crippen LogP contribution in [0.5, 0.6) is 5.75 Å². The van der Waals surface area contributed by atoms with Gasteiger partial charge in [0, 0.05) is 10.6 Å². The molecule has 0 saturated heterocycles. The van der Waals surface area contributed by atoms with Gasteiger partial charge >= 0.3 is 6.61 Å². The maximum Gasteiger partial charge on any atom is 0.387 e. The van der Waals surface area contributed by atoms with Crippen LogP contribution in [-0.2, 0) is 11.4 Å². The summed E-state index contributed by atoms with van der Waals surface area (Å²) in [7, 11) is 0. The van der Waals surface area contributed by atoms with E-state index in [-0.39, 0.29) is 12.4 Å². The fourth-order valence-corrected chi connectivity index (χ4v) is 1.70. The molecule has 0 radical (unpaired) electrons. The first-order chi connectivity index (χ1) is 10.1. The van der Waals surface area contributed by atoms with Crippen LogP contribution in [0.15, 0.2) is 53.7 Å². The molecule has 0 amide bonds. The van der Waals surface area contributed by atoms with Crippen molar-refractivity contribution in [2.45, 2.75) is 13.2 Å². The van der Waals surface area contributed by atoms with E-state index in [1.807, 2.05) is 12.1 Å². The molecule has 110 valence electrons. The Morgan fingerprint density at radius 2 is 1.81 bits per heavy atom. The van der Waals surface area contributed by atoms with Crippen LogP contribution in [-0.4, -0.2) is 12.8 Å². The number of hydrogen-bond acceptors (Lipinski definition) is 3. The van der Waals surface area contributed by atoms with Crippen molar-refractivity contribution < 1.29 is 18.4 Å². The highest BCUT2D eigenvalue weighted by molar-refractivity contribution is 6.30. The van der Waals surface area contributed by atoms with Crippen molar-refractivity contribution in [1.82, 2.24) is 0 Å². The van der Waals surface area contributed by atoms with Crippen molar-refractivity contribution in [3.05, 3.63) is 64.7 Å². The molecule has 0 unspecified atom stereocenters. The second-order valence-corrected chi connectivity index (χ2v) is 4.49. The van der Waals surface area contributed by atoms with Gasteiger partial charge in [0.05, 0.1) is 6.21 Å². The number of benzene rings is 2. The van der Waals surface area contributed by atoms with Crippen molar-refractivity contribution in [2.75, 3.05) is 0 Å². The summed E-state index contributed by atoms with van der Waals surface area (Å²) in [5.41, 5.74) is 1.31. The van der Waals surface area contributed by atoms with E-state index in [1.54, 1.807) is 30.3 Å². The molecule has 0 saturated carbocycles. The molecule has 0 aliphatic carbocycles. The topological polar surface area (TPSA) is 30.8 Å².